The van der Waals surface area contributed by atoms with E-state index in [1.165, 1.54) is 25.6 Å². The number of likely N-dealkylation sites (N-methyl/N-ethyl adjacent to an activating group) is 1. The minimum absolute atomic E-state index is 0.0765. The van der Waals surface area contributed by atoms with Gasteiger partial charge >= 0.3 is 5.97 Å². The van der Waals surface area contributed by atoms with E-state index in [9.17, 15) is 9.90 Å². The third-order valence-electron chi connectivity index (χ3n) is 5.65. The lowest BCUT2D eigenvalue weighted by Gasteiger charge is -2.26. The SMILES string of the molecule is CC(=O)OC(COc1cc2ncnc(Nc3cccc4c(Cl)coc34)c2cc1O)CN(C)C(C)C. The first-order chi connectivity index (χ1) is 16.7. The summed E-state index contributed by atoms with van der Waals surface area (Å²) in [6, 6.07) is 8.99. The molecule has 0 bridgehead atoms. The number of anilines is 2. The molecule has 1 unspecified atom stereocenters. The maximum Gasteiger partial charge on any atom is 0.303 e. The number of carbonyl (C=O) groups excluding carboxylic acids is 1. The molecule has 0 aliphatic carbocycles. The van der Waals surface area contributed by atoms with Crippen LogP contribution in [0.5, 0.6) is 11.5 Å². The van der Waals surface area contributed by atoms with E-state index < -0.39 is 12.1 Å². The number of benzene rings is 2. The molecule has 2 heterocycles. The van der Waals surface area contributed by atoms with E-state index in [0.29, 0.717) is 39.6 Å². The van der Waals surface area contributed by atoms with E-state index in [-0.39, 0.29) is 24.1 Å². The summed E-state index contributed by atoms with van der Waals surface area (Å²) in [6.07, 6.45) is 2.39. The molecule has 35 heavy (non-hydrogen) atoms. The highest BCUT2D eigenvalue weighted by molar-refractivity contribution is 6.35. The van der Waals surface area contributed by atoms with Gasteiger partial charge in [-0.3, -0.25) is 4.79 Å². The number of nitrogens with zero attached hydrogens (tertiary/aromatic N) is 3. The summed E-state index contributed by atoms with van der Waals surface area (Å²) in [5.41, 5.74) is 1.83. The van der Waals surface area contributed by atoms with Gasteiger partial charge in [-0.15, -0.1) is 0 Å². The number of aromatic nitrogens is 2. The number of ether oxygens (including phenoxy) is 2. The van der Waals surface area contributed by atoms with Crippen molar-refractivity contribution in [3.63, 3.8) is 0 Å². The van der Waals surface area contributed by atoms with Gasteiger partial charge in [-0.25, -0.2) is 9.97 Å². The molecule has 0 spiro atoms. The lowest BCUT2D eigenvalue weighted by molar-refractivity contribution is -0.148. The van der Waals surface area contributed by atoms with Crippen molar-refractivity contribution in [1.29, 1.82) is 0 Å². The number of para-hydroxylation sites is 1. The van der Waals surface area contributed by atoms with Crippen LogP contribution in [0.1, 0.15) is 20.8 Å². The standard InChI is InChI=1S/C25H27ClN4O5/c1-14(2)30(4)10-16(35-15(3)31)11-33-23-9-21-18(8-22(23)32)25(28-13-27-21)29-20-7-5-6-17-19(26)12-34-24(17)20/h5-9,12-14,16,32H,10-11H2,1-4H3,(H,27,28,29). The van der Waals surface area contributed by atoms with Crippen LogP contribution < -0.4 is 10.1 Å². The lowest BCUT2D eigenvalue weighted by atomic mass is 10.2. The zero-order valence-electron chi connectivity index (χ0n) is 19.9. The van der Waals surface area contributed by atoms with Gasteiger partial charge in [0, 0.05) is 36.3 Å². The zero-order chi connectivity index (χ0) is 25.1. The average Bonchev–Trinajstić information content (AvgIpc) is 3.19. The van der Waals surface area contributed by atoms with E-state index in [1.807, 2.05) is 39.1 Å². The minimum atomic E-state index is -0.502. The van der Waals surface area contributed by atoms with E-state index in [1.54, 1.807) is 6.07 Å². The molecular weight excluding hydrogens is 472 g/mol. The van der Waals surface area contributed by atoms with Gasteiger partial charge in [0.25, 0.3) is 0 Å². The number of hydrogen-bond donors (Lipinski definition) is 2. The molecule has 9 nitrogen and oxygen atoms in total. The maximum atomic E-state index is 11.5. The summed E-state index contributed by atoms with van der Waals surface area (Å²) in [6.45, 7) is 6.02. The number of nitrogens with one attached hydrogen (secondary N) is 1. The van der Waals surface area contributed by atoms with Crippen molar-refractivity contribution in [1.82, 2.24) is 14.9 Å². The second-order valence-corrected chi connectivity index (χ2v) is 8.93. The van der Waals surface area contributed by atoms with Crippen LogP contribution in [-0.2, 0) is 9.53 Å². The molecule has 0 saturated carbocycles. The summed E-state index contributed by atoms with van der Waals surface area (Å²) in [5, 5.41) is 15.8. The first-order valence-corrected chi connectivity index (χ1v) is 11.5. The highest BCUT2D eigenvalue weighted by Crippen LogP contribution is 2.36. The summed E-state index contributed by atoms with van der Waals surface area (Å²) >= 11 is 6.18. The molecule has 0 aliphatic rings. The van der Waals surface area contributed by atoms with Gasteiger partial charge in [0.05, 0.1) is 16.2 Å². The molecular formula is C25H27ClN4O5. The predicted octanol–water partition coefficient (Wildman–Crippen LogP) is 5.13. The fraction of sp³-hybridized carbons (Fsp3) is 0.320. The number of aromatic hydroxyl groups is 1. The van der Waals surface area contributed by atoms with Crippen LogP contribution in [0.25, 0.3) is 21.9 Å². The van der Waals surface area contributed by atoms with Crippen LogP contribution in [0.2, 0.25) is 5.02 Å². The Morgan fingerprint density at radius 3 is 2.80 bits per heavy atom. The van der Waals surface area contributed by atoms with Crippen molar-refractivity contribution in [3.05, 3.63) is 47.9 Å². The van der Waals surface area contributed by atoms with Gasteiger partial charge < -0.3 is 29.2 Å². The number of phenolic OH excluding ortho intramolecular Hbond substituents is 1. The van der Waals surface area contributed by atoms with Crippen molar-refractivity contribution in [2.24, 2.45) is 0 Å². The second kappa shape index (κ2) is 10.4. The van der Waals surface area contributed by atoms with Crippen molar-refractivity contribution >= 4 is 50.9 Å². The Hall–Kier alpha value is -3.56. The number of phenols is 1. The second-order valence-electron chi connectivity index (χ2n) is 8.53. The highest BCUT2D eigenvalue weighted by Gasteiger charge is 2.19. The van der Waals surface area contributed by atoms with Gasteiger partial charge in [0.15, 0.2) is 17.1 Å². The molecule has 10 heteroatoms. The summed E-state index contributed by atoms with van der Waals surface area (Å²) in [7, 11) is 1.94. The minimum Gasteiger partial charge on any atom is -0.504 e. The Morgan fingerprint density at radius 2 is 2.06 bits per heavy atom. The molecule has 2 aromatic heterocycles. The number of hydrogen-bond acceptors (Lipinski definition) is 9. The molecule has 0 aliphatic heterocycles. The number of rotatable bonds is 9. The summed E-state index contributed by atoms with van der Waals surface area (Å²) < 4.78 is 16.8. The van der Waals surface area contributed by atoms with Gasteiger partial charge in [-0.1, -0.05) is 17.7 Å². The number of halogens is 1. The molecule has 184 valence electrons. The Morgan fingerprint density at radius 1 is 1.26 bits per heavy atom. The molecule has 0 saturated heterocycles. The Bertz CT molecular complexity index is 1360. The normalized spacial score (nSPS) is 12.4. The zero-order valence-corrected chi connectivity index (χ0v) is 20.7. The third-order valence-corrected chi connectivity index (χ3v) is 5.94. The molecule has 1 atom stereocenters. The largest absolute Gasteiger partial charge is 0.504 e. The number of furan rings is 1. The van der Waals surface area contributed by atoms with Crippen molar-refractivity contribution in [3.8, 4) is 11.5 Å². The lowest BCUT2D eigenvalue weighted by Crippen LogP contribution is -2.39. The summed E-state index contributed by atoms with van der Waals surface area (Å²) in [4.78, 5) is 22.2. The maximum absolute atomic E-state index is 11.5. The quantitative estimate of drug-likeness (QED) is 0.303. The fourth-order valence-corrected chi connectivity index (χ4v) is 3.81. The molecule has 2 N–H and O–H groups in total. The Labute approximate surface area is 207 Å². The van der Waals surface area contributed by atoms with E-state index >= 15 is 0 Å². The highest BCUT2D eigenvalue weighted by atomic mass is 35.5. The van der Waals surface area contributed by atoms with Gasteiger partial charge in [0.2, 0.25) is 0 Å². The number of esters is 1. The average molecular weight is 499 g/mol. The van der Waals surface area contributed by atoms with Crippen molar-refractivity contribution < 1.29 is 23.8 Å². The Balaban J connectivity index is 1.58. The van der Waals surface area contributed by atoms with Gasteiger partial charge in [-0.2, -0.15) is 0 Å². The first kappa shape index (κ1) is 24.6. The van der Waals surface area contributed by atoms with E-state index in [4.69, 9.17) is 25.5 Å². The molecule has 4 aromatic rings. The fourth-order valence-electron chi connectivity index (χ4n) is 3.61. The van der Waals surface area contributed by atoms with Crippen LogP contribution in [0, 0.1) is 0 Å². The van der Waals surface area contributed by atoms with Crippen LogP contribution >= 0.6 is 11.6 Å². The van der Waals surface area contributed by atoms with Crippen molar-refractivity contribution in [2.45, 2.75) is 32.9 Å². The Kier molecular flexibility index (Phi) is 7.28. The van der Waals surface area contributed by atoms with Crippen LogP contribution in [0.4, 0.5) is 11.5 Å². The topological polar surface area (TPSA) is 110 Å². The van der Waals surface area contributed by atoms with Crippen LogP contribution in [0.15, 0.2) is 47.3 Å². The smallest absolute Gasteiger partial charge is 0.303 e. The van der Waals surface area contributed by atoms with Gasteiger partial charge in [0.1, 0.15) is 31.1 Å². The first-order valence-electron chi connectivity index (χ1n) is 11.1. The molecule has 0 fully saturated rings. The van der Waals surface area contributed by atoms with E-state index in [0.717, 1.165) is 5.39 Å². The molecule has 0 radical (unpaired) electrons. The van der Waals surface area contributed by atoms with E-state index in [2.05, 4.69) is 20.2 Å². The number of fused-ring (bicyclic) bond motifs is 2. The molecule has 2 aromatic carbocycles. The van der Waals surface area contributed by atoms with Crippen LogP contribution in [0.3, 0.4) is 0 Å². The van der Waals surface area contributed by atoms with Crippen molar-refractivity contribution in [2.75, 3.05) is 25.5 Å². The van der Waals surface area contributed by atoms with Gasteiger partial charge in [-0.05, 0) is 39.1 Å². The molecule has 4 rings (SSSR count). The third kappa shape index (κ3) is 5.58. The molecule has 0 amide bonds. The van der Waals surface area contributed by atoms with Crippen LogP contribution in [-0.4, -0.2) is 58.3 Å². The number of carbonyl (C=O) groups is 1. The predicted molar refractivity (Wildman–Crippen MR) is 135 cm³/mol. The summed E-state index contributed by atoms with van der Waals surface area (Å²) in [5.74, 6) is 0.225. The monoisotopic (exact) mass is 498 g/mol.